The second kappa shape index (κ2) is 6.98. The zero-order chi connectivity index (χ0) is 16.3. The first-order valence-corrected chi connectivity index (χ1v) is 8.53. The molecule has 1 fully saturated rings. The average molecular weight is 318 g/mol. The number of carboxylic acids is 1. The van der Waals surface area contributed by atoms with Crippen molar-refractivity contribution in [2.45, 2.75) is 51.3 Å². The van der Waals surface area contributed by atoms with Gasteiger partial charge in [-0.25, -0.2) is 4.79 Å². The highest BCUT2D eigenvalue weighted by molar-refractivity contribution is 7.98. The zero-order valence-electron chi connectivity index (χ0n) is 13.1. The first-order chi connectivity index (χ1) is 9.70. The van der Waals surface area contributed by atoms with Crippen molar-refractivity contribution in [3.63, 3.8) is 0 Å². The summed E-state index contributed by atoms with van der Waals surface area (Å²) in [6.07, 6.45) is 2.61. The lowest BCUT2D eigenvalue weighted by Gasteiger charge is -2.57. The summed E-state index contributed by atoms with van der Waals surface area (Å²) in [5.41, 5.74) is 4.63. The Labute approximate surface area is 130 Å². The summed E-state index contributed by atoms with van der Waals surface area (Å²) in [4.78, 5) is 23.6. The van der Waals surface area contributed by atoms with Crippen molar-refractivity contribution in [1.29, 1.82) is 0 Å². The van der Waals surface area contributed by atoms with Gasteiger partial charge >= 0.3 is 5.97 Å². The molecule has 1 aliphatic rings. The molecule has 1 saturated carbocycles. The summed E-state index contributed by atoms with van der Waals surface area (Å²) in [7, 11) is 0. The third-order valence-electron chi connectivity index (χ3n) is 4.45. The molecule has 1 aliphatic carbocycles. The van der Waals surface area contributed by atoms with E-state index in [0.717, 1.165) is 0 Å². The molecule has 1 amide bonds. The summed E-state index contributed by atoms with van der Waals surface area (Å²) in [5, 5.41) is 11.8. The van der Waals surface area contributed by atoms with E-state index in [1.54, 1.807) is 11.8 Å². The first kappa shape index (κ1) is 18.3. The maximum atomic E-state index is 12.4. The zero-order valence-corrected chi connectivity index (χ0v) is 14.0. The minimum absolute atomic E-state index is 0.0762. The Morgan fingerprint density at radius 3 is 2.57 bits per heavy atom. The molecular weight excluding hydrogens is 292 g/mol. The molecule has 7 heteroatoms. The highest BCUT2D eigenvalue weighted by atomic mass is 32.2. The van der Waals surface area contributed by atoms with E-state index >= 15 is 0 Å². The van der Waals surface area contributed by atoms with Crippen LogP contribution >= 0.6 is 11.8 Å². The van der Waals surface area contributed by atoms with Crippen molar-refractivity contribution in [3.8, 4) is 0 Å². The minimum Gasteiger partial charge on any atom is -0.480 e. The van der Waals surface area contributed by atoms with Gasteiger partial charge in [0.15, 0.2) is 0 Å². The fraction of sp³-hybridized carbons (Fsp3) is 0.857. The van der Waals surface area contributed by atoms with Crippen molar-refractivity contribution >= 4 is 23.6 Å². The number of carbonyl (C=O) groups is 2. The van der Waals surface area contributed by atoms with Crippen LogP contribution < -0.4 is 11.1 Å². The van der Waals surface area contributed by atoms with Crippen LogP contribution in [0.1, 0.15) is 33.6 Å². The Balaban J connectivity index is 2.72. The maximum absolute atomic E-state index is 12.4. The number of hydrogen-bond donors (Lipinski definition) is 3. The molecule has 122 valence electrons. The van der Waals surface area contributed by atoms with E-state index in [9.17, 15) is 14.7 Å². The summed E-state index contributed by atoms with van der Waals surface area (Å²) < 4.78 is 5.58. The molecule has 0 spiro atoms. The highest BCUT2D eigenvalue weighted by Gasteiger charge is 2.63. The number of nitrogens with two attached hydrogens (primary N) is 1. The number of rotatable bonds is 8. The van der Waals surface area contributed by atoms with Crippen molar-refractivity contribution in [1.82, 2.24) is 5.32 Å². The molecule has 4 N–H and O–H groups in total. The van der Waals surface area contributed by atoms with E-state index in [4.69, 9.17) is 10.5 Å². The monoisotopic (exact) mass is 318 g/mol. The van der Waals surface area contributed by atoms with Gasteiger partial charge in [-0.2, -0.15) is 11.8 Å². The second-order valence-electron chi connectivity index (χ2n) is 5.99. The van der Waals surface area contributed by atoms with Gasteiger partial charge in [-0.1, -0.05) is 13.8 Å². The van der Waals surface area contributed by atoms with Crippen LogP contribution in [0.5, 0.6) is 0 Å². The molecular formula is C14H26N2O4S. The first-order valence-electron chi connectivity index (χ1n) is 7.14. The molecule has 6 nitrogen and oxygen atoms in total. The third-order valence-corrected chi connectivity index (χ3v) is 5.09. The van der Waals surface area contributed by atoms with E-state index in [2.05, 4.69) is 5.32 Å². The van der Waals surface area contributed by atoms with Crippen LogP contribution in [0.4, 0.5) is 0 Å². The molecule has 1 rings (SSSR count). The number of carbonyl (C=O) groups excluding carboxylic acids is 1. The van der Waals surface area contributed by atoms with Gasteiger partial charge in [0.1, 0.15) is 11.6 Å². The molecule has 2 unspecified atom stereocenters. The quantitative estimate of drug-likeness (QED) is 0.613. The van der Waals surface area contributed by atoms with Crippen LogP contribution in [0.25, 0.3) is 0 Å². The molecule has 3 atom stereocenters. The normalized spacial score (nSPS) is 28.5. The topological polar surface area (TPSA) is 102 Å². The minimum atomic E-state index is -1.08. The molecule has 0 saturated heterocycles. The van der Waals surface area contributed by atoms with Crippen LogP contribution in [0.15, 0.2) is 0 Å². The smallest absolute Gasteiger partial charge is 0.326 e. The molecule has 0 aromatic rings. The lowest BCUT2D eigenvalue weighted by Crippen LogP contribution is -2.76. The van der Waals surface area contributed by atoms with Gasteiger partial charge in [0, 0.05) is 18.4 Å². The maximum Gasteiger partial charge on any atom is 0.326 e. The number of thioether (sulfide) groups is 1. The molecule has 21 heavy (non-hydrogen) atoms. The number of carboxylic acid groups (broad SMARTS) is 1. The predicted molar refractivity (Wildman–Crippen MR) is 83.3 cm³/mol. The van der Waals surface area contributed by atoms with E-state index in [-0.39, 0.29) is 6.10 Å². The second-order valence-corrected chi connectivity index (χ2v) is 6.97. The Morgan fingerprint density at radius 1 is 1.52 bits per heavy atom. The van der Waals surface area contributed by atoms with Crippen LogP contribution in [0, 0.1) is 5.41 Å². The molecule has 0 aliphatic heterocycles. The molecule has 0 radical (unpaired) electrons. The Bertz CT molecular complexity index is 402. The molecule has 0 heterocycles. The molecule has 0 aromatic carbocycles. The van der Waals surface area contributed by atoms with E-state index < -0.39 is 28.9 Å². The number of amides is 1. The van der Waals surface area contributed by atoms with Gasteiger partial charge < -0.3 is 20.9 Å². The third kappa shape index (κ3) is 3.52. The van der Waals surface area contributed by atoms with Crippen molar-refractivity contribution in [2.75, 3.05) is 18.6 Å². The summed E-state index contributed by atoms with van der Waals surface area (Å²) in [6, 6.07) is -0.896. The molecule has 0 bridgehead atoms. The lowest BCUT2D eigenvalue weighted by atomic mass is 9.54. The van der Waals surface area contributed by atoms with Gasteiger partial charge in [-0.05, 0) is 25.4 Å². The van der Waals surface area contributed by atoms with Gasteiger partial charge in [0.25, 0.3) is 0 Å². The van der Waals surface area contributed by atoms with Crippen molar-refractivity contribution in [2.24, 2.45) is 11.1 Å². The fourth-order valence-corrected chi connectivity index (χ4v) is 3.07. The largest absolute Gasteiger partial charge is 0.480 e. The SMILES string of the molecule is CCOC1CC(N)(C(=O)N[C@H](CCSC)C(=O)O)C1(C)C. The average Bonchev–Trinajstić information content (AvgIpc) is 2.42. The number of aliphatic carboxylic acids is 1. The summed E-state index contributed by atoms with van der Waals surface area (Å²) >= 11 is 1.54. The van der Waals surface area contributed by atoms with Gasteiger partial charge in [0.05, 0.1) is 6.10 Å². The predicted octanol–water partition coefficient (Wildman–Crippen LogP) is 0.841. The number of ether oxygens (including phenoxy) is 1. The van der Waals surface area contributed by atoms with Crippen LogP contribution in [0.3, 0.4) is 0 Å². The summed E-state index contributed by atoms with van der Waals surface area (Å²) in [5.74, 6) is -0.767. The van der Waals surface area contributed by atoms with Gasteiger partial charge in [0.2, 0.25) is 5.91 Å². The van der Waals surface area contributed by atoms with E-state index in [1.807, 2.05) is 27.0 Å². The van der Waals surface area contributed by atoms with Crippen LogP contribution in [-0.4, -0.2) is 53.3 Å². The Kier molecular flexibility index (Phi) is 6.07. The molecule has 0 aromatic heterocycles. The Hall–Kier alpha value is -0.790. The number of hydrogen-bond acceptors (Lipinski definition) is 5. The van der Waals surface area contributed by atoms with Crippen LogP contribution in [0.2, 0.25) is 0 Å². The lowest BCUT2D eigenvalue weighted by molar-refractivity contribution is -0.172. The van der Waals surface area contributed by atoms with Gasteiger partial charge in [-0.3, -0.25) is 4.79 Å². The standard InChI is InChI=1S/C14H26N2O4S/c1-5-20-10-8-14(15,13(10,2)3)12(19)16-9(11(17)18)6-7-21-4/h9-10H,5-8,15H2,1-4H3,(H,16,19)(H,17,18)/t9-,10?,14?/m1/s1. The van der Waals surface area contributed by atoms with E-state index in [0.29, 0.717) is 25.2 Å². The van der Waals surface area contributed by atoms with E-state index in [1.165, 1.54) is 0 Å². The fourth-order valence-electron chi connectivity index (χ4n) is 2.60. The van der Waals surface area contributed by atoms with Crippen LogP contribution in [-0.2, 0) is 14.3 Å². The van der Waals surface area contributed by atoms with Crippen molar-refractivity contribution in [3.05, 3.63) is 0 Å². The number of nitrogens with one attached hydrogen (secondary N) is 1. The van der Waals surface area contributed by atoms with Gasteiger partial charge in [-0.15, -0.1) is 0 Å². The van der Waals surface area contributed by atoms with Crippen molar-refractivity contribution < 1.29 is 19.4 Å². The highest BCUT2D eigenvalue weighted by Crippen LogP contribution is 2.49. The summed E-state index contributed by atoms with van der Waals surface area (Å²) in [6.45, 7) is 6.23. The Morgan fingerprint density at radius 2 is 2.14 bits per heavy atom.